The molecule has 506 valence electrons. The molecule has 2 unspecified atom stereocenters. The first kappa shape index (κ1) is 83.6. The number of hydrogen-bond acceptors (Lipinski definition) is 5. The molecule has 0 heterocycles. The fraction of sp³-hybridized carbons (Fsp3) is 0.949. The summed E-state index contributed by atoms with van der Waals surface area (Å²) >= 11 is 0. The summed E-state index contributed by atoms with van der Waals surface area (Å²) in [5.41, 5.74) is 0. The minimum atomic E-state index is -0.663. The first-order chi connectivity index (χ1) is 42.0. The van der Waals surface area contributed by atoms with Crippen LogP contribution in [0.25, 0.3) is 0 Å². The zero-order valence-corrected chi connectivity index (χ0v) is 58.1. The second-order valence-electron chi connectivity index (χ2n) is 27.4. The number of unbranched alkanes of at least 4 members (excludes halogenated alkanes) is 62. The zero-order valence-electron chi connectivity index (χ0n) is 58.1. The number of allylic oxidation sites excluding steroid dienone is 2. The number of rotatable bonds is 75. The van der Waals surface area contributed by atoms with E-state index in [1.165, 1.54) is 385 Å². The van der Waals surface area contributed by atoms with Crippen molar-refractivity contribution >= 4 is 11.9 Å². The molecule has 2 atom stereocenters. The minimum Gasteiger partial charge on any atom is -0.466 e. The summed E-state index contributed by atoms with van der Waals surface area (Å²) in [5, 5.41) is 23.5. The van der Waals surface area contributed by atoms with Gasteiger partial charge in [-0.1, -0.05) is 405 Å². The normalized spacial score (nSPS) is 12.5. The molecule has 0 saturated carbocycles. The molecular weight excluding hydrogens is 1040 g/mol. The molecule has 0 radical (unpaired) electrons. The highest BCUT2D eigenvalue weighted by molar-refractivity contribution is 5.76. The summed E-state index contributed by atoms with van der Waals surface area (Å²) in [6.45, 7) is 5.01. The standard InChI is InChI=1S/C79H155NO5/c1-3-5-7-9-11-13-15-17-18-19-20-21-32-35-38-41-44-48-51-55-59-63-67-71-77(82)76(75-81)80-78(83)72-68-64-60-56-52-49-45-42-39-36-33-30-28-26-24-22-23-25-27-29-31-34-37-40-43-46-50-54-58-62-66-70-74-85-79(84)73-69-65-61-57-53-47-16-14-12-10-8-6-4-2/h25,27,76-77,81-82H,3-24,26,28-75H2,1-2H3,(H,80,83)/b27-25-. The predicted octanol–water partition coefficient (Wildman–Crippen LogP) is 25.9. The fourth-order valence-corrected chi connectivity index (χ4v) is 12.8. The Morgan fingerprint density at radius 2 is 0.553 bits per heavy atom. The van der Waals surface area contributed by atoms with Crippen LogP contribution in [-0.4, -0.2) is 47.4 Å². The SMILES string of the molecule is CCCCCCCCCCCCCCCCCCCCCCCCCC(O)C(CO)NC(=O)CCCCCCCCCCCCCCCCCC/C=C\CCCCCCCCCCCCCCOC(=O)CCCCCCCCCCCCCCC. The molecule has 6 heteroatoms. The maximum atomic E-state index is 12.6. The van der Waals surface area contributed by atoms with Crippen LogP contribution in [0, 0.1) is 0 Å². The number of aliphatic hydroxyl groups excluding tert-OH is 2. The van der Waals surface area contributed by atoms with Gasteiger partial charge < -0.3 is 20.3 Å². The fourth-order valence-electron chi connectivity index (χ4n) is 12.8. The Morgan fingerprint density at radius 1 is 0.318 bits per heavy atom. The van der Waals surface area contributed by atoms with E-state index in [1.807, 2.05) is 0 Å². The number of ether oxygens (including phenoxy) is 1. The van der Waals surface area contributed by atoms with Crippen molar-refractivity contribution in [2.75, 3.05) is 13.2 Å². The number of carbonyl (C=O) groups excluding carboxylic acids is 2. The van der Waals surface area contributed by atoms with E-state index in [-0.39, 0.29) is 18.5 Å². The van der Waals surface area contributed by atoms with Crippen LogP contribution in [0.3, 0.4) is 0 Å². The second kappa shape index (κ2) is 75.1. The molecule has 6 nitrogen and oxygen atoms in total. The van der Waals surface area contributed by atoms with Crippen LogP contribution >= 0.6 is 0 Å². The molecule has 1 amide bonds. The molecule has 3 N–H and O–H groups in total. The van der Waals surface area contributed by atoms with Gasteiger partial charge in [0.25, 0.3) is 0 Å². The quantitative estimate of drug-likeness (QED) is 0.0320. The van der Waals surface area contributed by atoms with Crippen LogP contribution in [-0.2, 0) is 14.3 Å². The highest BCUT2D eigenvalue weighted by atomic mass is 16.5. The Labute approximate surface area is 533 Å². The monoisotopic (exact) mass is 1200 g/mol. The van der Waals surface area contributed by atoms with Crippen molar-refractivity contribution in [2.45, 2.75) is 469 Å². The minimum absolute atomic E-state index is 0.0210. The third kappa shape index (κ3) is 71.6. The van der Waals surface area contributed by atoms with E-state index in [4.69, 9.17) is 4.74 Å². The van der Waals surface area contributed by atoms with Crippen LogP contribution in [0.1, 0.15) is 457 Å². The molecule has 0 fully saturated rings. The molecule has 0 aliphatic heterocycles. The molecule has 0 spiro atoms. The lowest BCUT2D eigenvalue weighted by atomic mass is 10.0. The molecule has 0 aromatic carbocycles. The van der Waals surface area contributed by atoms with E-state index in [1.54, 1.807) is 0 Å². The zero-order chi connectivity index (χ0) is 61.3. The van der Waals surface area contributed by atoms with E-state index < -0.39 is 12.1 Å². The van der Waals surface area contributed by atoms with E-state index in [0.717, 1.165) is 38.5 Å². The number of aliphatic hydroxyl groups is 2. The topological polar surface area (TPSA) is 95.9 Å². The first-order valence-corrected chi connectivity index (χ1v) is 39.4. The Hall–Kier alpha value is -1.40. The molecular formula is C79H155NO5. The summed E-state index contributed by atoms with van der Waals surface area (Å²) in [7, 11) is 0. The summed E-state index contributed by atoms with van der Waals surface area (Å²) in [6.07, 6.45) is 94.4. The van der Waals surface area contributed by atoms with Gasteiger partial charge in [-0.2, -0.15) is 0 Å². The van der Waals surface area contributed by atoms with E-state index in [0.29, 0.717) is 25.9 Å². The average Bonchev–Trinajstić information content (AvgIpc) is 3.53. The van der Waals surface area contributed by atoms with Crippen LogP contribution in [0.2, 0.25) is 0 Å². The van der Waals surface area contributed by atoms with Crippen LogP contribution in [0.4, 0.5) is 0 Å². The van der Waals surface area contributed by atoms with Gasteiger partial charge in [0.05, 0.1) is 25.4 Å². The van der Waals surface area contributed by atoms with Gasteiger partial charge in [0.2, 0.25) is 5.91 Å². The predicted molar refractivity (Wildman–Crippen MR) is 375 cm³/mol. The van der Waals surface area contributed by atoms with Gasteiger partial charge in [0.1, 0.15) is 0 Å². The van der Waals surface area contributed by atoms with Crippen LogP contribution < -0.4 is 5.32 Å². The number of carbonyl (C=O) groups is 2. The molecule has 85 heavy (non-hydrogen) atoms. The molecule has 0 aromatic rings. The summed E-state index contributed by atoms with van der Waals surface area (Å²) in [5.74, 6) is -0.00537. The number of nitrogens with one attached hydrogen (secondary N) is 1. The third-order valence-electron chi connectivity index (χ3n) is 18.8. The maximum Gasteiger partial charge on any atom is 0.305 e. The Bertz CT molecular complexity index is 1290. The Balaban J connectivity index is 3.35. The molecule has 0 rings (SSSR count). The van der Waals surface area contributed by atoms with Crippen molar-refractivity contribution in [1.82, 2.24) is 5.32 Å². The van der Waals surface area contributed by atoms with Gasteiger partial charge in [-0.15, -0.1) is 0 Å². The highest BCUT2D eigenvalue weighted by Gasteiger charge is 2.20. The smallest absolute Gasteiger partial charge is 0.305 e. The third-order valence-corrected chi connectivity index (χ3v) is 18.8. The Kier molecular flexibility index (Phi) is 73.8. The molecule has 0 aliphatic rings. The highest BCUT2D eigenvalue weighted by Crippen LogP contribution is 2.20. The summed E-state index contributed by atoms with van der Waals surface area (Å²) in [6, 6.07) is -0.540. The number of amides is 1. The first-order valence-electron chi connectivity index (χ1n) is 39.4. The van der Waals surface area contributed by atoms with Crippen LogP contribution in [0.15, 0.2) is 12.2 Å². The molecule has 0 bridgehead atoms. The van der Waals surface area contributed by atoms with Crippen molar-refractivity contribution in [3.63, 3.8) is 0 Å². The summed E-state index contributed by atoms with van der Waals surface area (Å²) < 4.78 is 5.49. The van der Waals surface area contributed by atoms with Crippen LogP contribution in [0.5, 0.6) is 0 Å². The Morgan fingerprint density at radius 3 is 0.835 bits per heavy atom. The average molecular weight is 1200 g/mol. The lowest BCUT2D eigenvalue weighted by Gasteiger charge is -2.22. The van der Waals surface area contributed by atoms with Gasteiger partial charge in [-0.3, -0.25) is 9.59 Å². The number of esters is 1. The van der Waals surface area contributed by atoms with Gasteiger partial charge in [-0.25, -0.2) is 0 Å². The van der Waals surface area contributed by atoms with Crippen molar-refractivity contribution in [1.29, 1.82) is 0 Å². The second-order valence-corrected chi connectivity index (χ2v) is 27.4. The van der Waals surface area contributed by atoms with Gasteiger partial charge >= 0.3 is 5.97 Å². The van der Waals surface area contributed by atoms with Crippen molar-refractivity contribution in [2.24, 2.45) is 0 Å². The van der Waals surface area contributed by atoms with E-state index in [2.05, 4.69) is 31.3 Å². The van der Waals surface area contributed by atoms with Crippen molar-refractivity contribution < 1.29 is 24.5 Å². The molecule has 0 aliphatic carbocycles. The van der Waals surface area contributed by atoms with Gasteiger partial charge in [-0.05, 0) is 51.4 Å². The van der Waals surface area contributed by atoms with Crippen molar-refractivity contribution in [3.05, 3.63) is 12.2 Å². The van der Waals surface area contributed by atoms with Crippen molar-refractivity contribution in [3.8, 4) is 0 Å². The van der Waals surface area contributed by atoms with Gasteiger partial charge in [0, 0.05) is 12.8 Å². The molecule has 0 aromatic heterocycles. The van der Waals surface area contributed by atoms with Gasteiger partial charge in [0.15, 0.2) is 0 Å². The lowest BCUT2D eigenvalue weighted by molar-refractivity contribution is -0.143. The summed E-state index contributed by atoms with van der Waals surface area (Å²) in [4.78, 5) is 24.6. The lowest BCUT2D eigenvalue weighted by Crippen LogP contribution is -2.45. The number of hydrogen-bond donors (Lipinski definition) is 3. The molecule has 0 saturated heterocycles. The maximum absolute atomic E-state index is 12.6. The van der Waals surface area contributed by atoms with E-state index in [9.17, 15) is 19.8 Å². The largest absolute Gasteiger partial charge is 0.466 e. The van der Waals surface area contributed by atoms with E-state index >= 15 is 0 Å².